The molecule has 0 N–H and O–H groups in total. The van der Waals surface area contributed by atoms with E-state index in [4.69, 9.17) is 0 Å². The van der Waals surface area contributed by atoms with E-state index >= 15 is 0 Å². The first-order valence-corrected chi connectivity index (χ1v) is 11.6. The number of carbonyl (C=O) groups excluding carboxylic acids is 2. The van der Waals surface area contributed by atoms with Crippen LogP contribution in [0.5, 0.6) is 0 Å². The van der Waals surface area contributed by atoms with Crippen molar-refractivity contribution in [3.63, 3.8) is 0 Å². The van der Waals surface area contributed by atoms with Gasteiger partial charge in [0.25, 0.3) is 5.91 Å². The number of halogens is 9. The molecule has 0 spiro atoms. The second-order valence-electron chi connectivity index (χ2n) is 8.49. The molecule has 0 atom stereocenters. The van der Waals surface area contributed by atoms with Crippen molar-refractivity contribution < 1.29 is 53.8 Å². The zero-order chi connectivity index (χ0) is 29.8. The molecule has 0 radical (unpaired) electrons. The van der Waals surface area contributed by atoms with Gasteiger partial charge in [-0.15, -0.1) is 0 Å². The fraction of sp³-hybridized carbons (Fsp3) is 0.440. The highest BCUT2D eigenvalue weighted by molar-refractivity contribution is 6.06. The van der Waals surface area contributed by atoms with E-state index in [0.717, 1.165) is 19.2 Å². The van der Waals surface area contributed by atoms with Crippen molar-refractivity contribution >= 4 is 17.7 Å². The monoisotopic (exact) mass is 572 g/mol. The van der Waals surface area contributed by atoms with Crippen LogP contribution in [-0.4, -0.2) is 37.1 Å². The summed E-state index contributed by atoms with van der Waals surface area (Å²) in [6, 6.07) is 2.74. The molecule has 0 aliphatic rings. The quantitative estimate of drug-likeness (QED) is 0.303. The Balaban J connectivity index is 2.72. The Morgan fingerprint density at radius 2 is 1.23 bits per heavy atom. The van der Waals surface area contributed by atoms with Gasteiger partial charge in [-0.25, -0.2) is 9.69 Å². The molecule has 2 amide bonds. The van der Waals surface area contributed by atoms with Gasteiger partial charge in [0.05, 0.1) is 35.9 Å². The predicted molar refractivity (Wildman–Crippen MR) is 123 cm³/mol. The topological polar surface area (TPSA) is 49.9 Å². The predicted octanol–water partition coefficient (Wildman–Crippen LogP) is 7.78. The Morgan fingerprint density at radius 1 is 0.744 bits per heavy atom. The van der Waals surface area contributed by atoms with Gasteiger partial charge in [-0.2, -0.15) is 39.5 Å². The molecule has 0 saturated heterocycles. The highest BCUT2D eigenvalue weighted by atomic mass is 19.4. The molecule has 39 heavy (non-hydrogen) atoms. The first kappa shape index (κ1) is 31.8. The van der Waals surface area contributed by atoms with Crippen LogP contribution in [0.2, 0.25) is 0 Å². The van der Waals surface area contributed by atoms with Gasteiger partial charge in [-0.1, -0.05) is 13.8 Å². The Morgan fingerprint density at radius 3 is 1.64 bits per heavy atom. The number of carbonyl (C=O) groups is 2. The van der Waals surface area contributed by atoms with Crippen molar-refractivity contribution in [2.75, 3.05) is 25.1 Å². The molecule has 5 nitrogen and oxygen atoms in total. The zero-order valence-electron chi connectivity index (χ0n) is 21.0. The van der Waals surface area contributed by atoms with Gasteiger partial charge in [-0.05, 0) is 54.8 Å². The largest absolute Gasteiger partial charge is 0.452 e. The van der Waals surface area contributed by atoms with E-state index in [-0.39, 0.29) is 16.7 Å². The van der Waals surface area contributed by atoms with E-state index in [1.54, 1.807) is 18.7 Å². The maximum atomic E-state index is 13.5. The van der Waals surface area contributed by atoms with Crippen LogP contribution in [0.1, 0.15) is 59.3 Å². The second-order valence-corrected chi connectivity index (χ2v) is 8.49. The lowest BCUT2D eigenvalue weighted by molar-refractivity contribution is -0.143. The fourth-order valence-corrected chi connectivity index (χ4v) is 3.82. The molecule has 2 aromatic rings. The molecular weight excluding hydrogens is 547 g/mol. The summed E-state index contributed by atoms with van der Waals surface area (Å²) in [7, 11) is 0.795. The summed E-state index contributed by atoms with van der Waals surface area (Å²) in [6.45, 7) is 3.03. The van der Waals surface area contributed by atoms with E-state index in [1.807, 2.05) is 0 Å². The number of benzene rings is 2. The third-order valence-corrected chi connectivity index (χ3v) is 5.51. The minimum atomic E-state index is -5.20. The Labute approximate surface area is 218 Å². The maximum absolute atomic E-state index is 13.5. The number of anilines is 1. The standard InChI is InChI=1S/C25H25F9N2O3/c1-4-8-35(9-5-2)20-7-6-16(23(26,27)28)13-19(20)21(37)36(22(38)39-3)14-15-10-17(24(29,30)31)12-18(11-15)25(32,33)34/h6-7,10-13H,4-5,8-9,14H2,1-3H3. The third kappa shape index (κ3) is 8.02. The molecule has 0 bridgehead atoms. The van der Waals surface area contributed by atoms with E-state index in [9.17, 15) is 49.1 Å². The van der Waals surface area contributed by atoms with Crippen LogP contribution in [0.3, 0.4) is 0 Å². The molecule has 14 heteroatoms. The molecule has 2 rings (SSSR count). The van der Waals surface area contributed by atoms with Crippen molar-refractivity contribution in [2.24, 2.45) is 0 Å². The molecule has 0 fully saturated rings. The van der Waals surface area contributed by atoms with Gasteiger partial charge in [0.1, 0.15) is 0 Å². The molecule has 2 aromatic carbocycles. The van der Waals surface area contributed by atoms with E-state index < -0.39 is 64.9 Å². The maximum Gasteiger partial charge on any atom is 0.416 e. The molecule has 0 aliphatic heterocycles. The minimum Gasteiger partial charge on any atom is -0.452 e. The lowest BCUT2D eigenvalue weighted by atomic mass is 10.0. The summed E-state index contributed by atoms with van der Waals surface area (Å²) < 4.78 is 125. The lowest BCUT2D eigenvalue weighted by Gasteiger charge is -2.28. The van der Waals surface area contributed by atoms with Crippen molar-refractivity contribution in [1.29, 1.82) is 0 Å². The van der Waals surface area contributed by atoms with Gasteiger partial charge in [-0.3, -0.25) is 4.79 Å². The average Bonchev–Trinajstić information content (AvgIpc) is 2.84. The highest BCUT2D eigenvalue weighted by Gasteiger charge is 2.38. The Bertz CT molecular complexity index is 1140. The van der Waals surface area contributed by atoms with Gasteiger partial charge >= 0.3 is 24.6 Å². The summed E-state index contributed by atoms with van der Waals surface area (Å²) in [5.41, 5.74) is -6.00. The zero-order valence-corrected chi connectivity index (χ0v) is 21.0. The average molecular weight is 572 g/mol. The van der Waals surface area contributed by atoms with Crippen LogP contribution >= 0.6 is 0 Å². The van der Waals surface area contributed by atoms with Crippen molar-refractivity contribution in [3.8, 4) is 0 Å². The Hall–Kier alpha value is -3.45. The number of imide groups is 1. The first-order valence-electron chi connectivity index (χ1n) is 11.6. The van der Waals surface area contributed by atoms with Crippen LogP contribution in [0.25, 0.3) is 0 Å². The van der Waals surface area contributed by atoms with E-state index in [2.05, 4.69) is 4.74 Å². The fourth-order valence-electron chi connectivity index (χ4n) is 3.82. The number of rotatable bonds is 8. The second kappa shape index (κ2) is 12.2. The molecule has 216 valence electrons. The van der Waals surface area contributed by atoms with Crippen LogP contribution in [0.15, 0.2) is 36.4 Å². The number of hydrogen-bond donors (Lipinski definition) is 0. The molecule has 0 saturated carbocycles. The Kier molecular flexibility index (Phi) is 9.91. The van der Waals surface area contributed by atoms with Crippen molar-refractivity contribution in [3.05, 3.63) is 64.2 Å². The summed E-state index contributed by atoms with van der Waals surface area (Å²) >= 11 is 0. The smallest absolute Gasteiger partial charge is 0.416 e. The number of amides is 2. The molecule has 0 aromatic heterocycles. The van der Waals surface area contributed by atoms with Crippen LogP contribution < -0.4 is 4.90 Å². The SMILES string of the molecule is CCCN(CCC)c1ccc(C(F)(F)F)cc1C(=O)N(Cc1cc(C(F)(F)F)cc(C(F)(F)F)c1)C(=O)OC. The van der Waals surface area contributed by atoms with E-state index in [0.29, 0.717) is 44.1 Å². The van der Waals surface area contributed by atoms with Crippen LogP contribution in [0.4, 0.5) is 50.0 Å². The van der Waals surface area contributed by atoms with E-state index in [1.165, 1.54) is 0 Å². The molecular formula is C25H25F9N2O3. The van der Waals surface area contributed by atoms with Gasteiger partial charge < -0.3 is 9.64 Å². The lowest BCUT2D eigenvalue weighted by Crippen LogP contribution is -2.38. The highest BCUT2D eigenvalue weighted by Crippen LogP contribution is 2.37. The number of hydrogen-bond acceptors (Lipinski definition) is 4. The van der Waals surface area contributed by atoms with Gasteiger partial charge in [0.2, 0.25) is 0 Å². The molecule has 0 unspecified atom stereocenters. The van der Waals surface area contributed by atoms with Crippen molar-refractivity contribution in [1.82, 2.24) is 4.90 Å². The normalized spacial score (nSPS) is 12.3. The molecule has 0 heterocycles. The summed E-state index contributed by atoms with van der Waals surface area (Å²) in [4.78, 5) is 27.8. The first-order chi connectivity index (χ1) is 17.9. The van der Waals surface area contributed by atoms with Gasteiger partial charge in [0, 0.05) is 18.8 Å². The molecule has 0 aliphatic carbocycles. The summed E-state index contributed by atoms with van der Waals surface area (Å²) in [5.74, 6) is -1.40. The number of alkyl halides is 9. The van der Waals surface area contributed by atoms with Crippen LogP contribution in [0, 0.1) is 0 Å². The van der Waals surface area contributed by atoms with Crippen LogP contribution in [-0.2, 0) is 29.8 Å². The van der Waals surface area contributed by atoms with Gasteiger partial charge in [0.15, 0.2) is 0 Å². The summed E-state index contributed by atoms with van der Waals surface area (Å²) in [5, 5.41) is 0. The summed E-state index contributed by atoms with van der Waals surface area (Å²) in [6.07, 6.45) is -15.7. The number of nitrogens with zero attached hydrogens (tertiary/aromatic N) is 2. The van der Waals surface area contributed by atoms with Crippen molar-refractivity contribution in [2.45, 2.75) is 51.8 Å². The third-order valence-electron chi connectivity index (χ3n) is 5.51. The number of methoxy groups -OCH3 is 1. The minimum absolute atomic E-state index is 0.00521. The number of ether oxygens (including phenoxy) is 1.